The van der Waals surface area contributed by atoms with Gasteiger partial charge >= 0.3 is 5.97 Å². The van der Waals surface area contributed by atoms with E-state index in [1.807, 2.05) is 13.8 Å². The van der Waals surface area contributed by atoms with Crippen molar-refractivity contribution in [2.75, 3.05) is 20.3 Å². The van der Waals surface area contributed by atoms with Crippen LogP contribution in [0.15, 0.2) is 0 Å². The fourth-order valence-corrected chi connectivity index (χ4v) is 1.64. The van der Waals surface area contributed by atoms with Crippen molar-refractivity contribution in [3.63, 3.8) is 0 Å². The van der Waals surface area contributed by atoms with Crippen molar-refractivity contribution < 1.29 is 14.6 Å². The quantitative estimate of drug-likeness (QED) is 0.647. The van der Waals surface area contributed by atoms with Crippen LogP contribution in [0.1, 0.15) is 33.6 Å². The highest BCUT2D eigenvalue weighted by Gasteiger charge is 2.35. The summed E-state index contributed by atoms with van der Waals surface area (Å²) in [6.07, 6.45) is 1.08. The molecule has 0 bridgehead atoms. The Morgan fingerprint density at radius 2 is 2.13 bits per heavy atom. The van der Waals surface area contributed by atoms with Crippen molar-refractivity contribution in [1.29, 1.82) is 0 Å². The van der Waals surface area contributed by atoms with Gasteiger partial charge in [0.15, 0.2) is 0 Å². The number of hydrogen-bond donors (Lipinski definition) is 2. The molecule has 15 heavy (non-hydrogen) atoms. The van der Waals surface area contributed by atoms with Crippen molar-refractivity contribution in [3.8, 4) is 0 Å². The number of hydrogen-bond acceptors (Lipinski definition) is 3. The lowest BCUT2D eigenvalue weighted by Gasteiger charge is -2.37. The molecule has 0 aliphatic heterocycles. The van der Waals surface area contributed by atoms with E-state index in [2.05, 4.69) is 12.2 Å². The van der Waals surface area contributed by atoms with E-state index in [-0.39, 0.29) is 12.3 Å². The lowest BCUT2D eigenvalue weighted by Crippen LogP contribution is -2.54. The van der Waals surface area contributed by atoms with Crippen LogP contribution in [-0.4, -0.2) is 36.9 Å². The highest BCUT2D eigenvalue weighted by molar-refractivity contribution is 5.68. The first-order valence-electron chi connectivity index (χ1n) is 5.44. The average molecular weight is 217 g/mol. The van der Waals surface area contributed by atoms with E-state index in [4.69, 9.17) is 9.84 Å². The first-order chi connectivity index (χ1) is 6.98. The third kappa shape index (κ3) is 4.62. The second-order valence-corrected chi connectivity index (χ2v) is 4.24. The van der Waals surface area contributed by atoms with Crippen LogP contribution in [0.2, 0.25) is 0 Å². The summed E-state index contributed by atoms with van der Waals surface area (Å²) < 4.78 is 5.14. The third-order valence-electron chi connectivity index (χ3n) is 2.70. The zero-order valence-corrected chi connectivity index (χ0v) is 10.2. The standard InChI is InChI=1S/C11H23NO3/c1-5-6-12-11(8-15-4,9(2)3)7-10(13)14/h9,12H,5-8H2,1-4H3,(H,13,14). The van der Waals surface area contributed by atoms with Gasteiger partial charge in [0.25, 0.3) is 0 Å². The summed E-state index contributed by atoms with van der Waals surface area (Å²) in [6.45, 7) is 7.34. The number of aliphatic carboxylic acids is 1. The first-order valence-corrected chi connectivity index (χ1v) is 5.44. The SMILES string of the molecule is CCCNC(COC)(CC(=O)O)C(C)C. The summed E-state index contributed by atoms with van der Waals surface area (Å²) >= 11 is 0. The molecule has 0 aromatic heterocycles. The lowest BCUT2D eigenvalue weighted by atomic mass is 9.83. The van der Waals surface area contributed by atoms with E-state index in [0.717, 1.165) is 13.0 Å². The smallest absolute Gasteiger partial charge is 0.305 e. The molecule has 1 atom stereocenters. The van der Waals surface area contributed by atoms with Crippen LogP contribution in [0.5, 0.6) is 0 Å². The van der Waals surface area contributed by atoms with E-state index >= 15 is 0 Å². The van der Waals surface area contributed by atoms with E-state index in [1.54, 1.807) is 7.11 Å². The zero-order chi connectivity index (χ0) is 11.9. The number of ether oxygens (including phenoxy) is 1. The maximum absolute atomic E-state index is 10.9. The molecule has 0 spiro atoms. The van der Waals surface area contributed by atoms with E-state index < -0.39 is 11.5 Å². The predicted octanol–water partition coefficient (Wildman–Crippen LogP) is 1.50. The Labute approximate surface area is 92.0 Å². The minimum atomic E-state index is -0.788. The molecule has 0 radical (unpaired) electrons. The molecule has 0 aromatic carbocycles. The van der Waals surface area contributed by atoms with Gasteiger partial charge < -0.3 is 15.2 Å². The molecule has 0 amide bonds. The number of nitrogens with one attached hydrogen (secondary N) is 1. The maximum Gasteiger partial charge on any atom is 0.305 e. The summed E-state index contributed by atoms with van der Waals surface area (Å²) in [5.74, 6) is -0.565. The maximum atomic E-state index is 10.9. The van der Waals surface area contributed by atoms with Gasteiger partial charge in [-0.05, 0) is 18.9 Å². The van der Waals surface area contributed by atoms with Crippen molar-refractivity contribution in [1.82, 2.24) is 5.32 Å². The highest BCUT2D eigenvalue weighted by Crippen LogP contribution is 2.22. The Morgan fingerprint density at radius 3 is 2.47 bits per heavy atom. The second kappa shape index (κ2) is 6.80. The Morgan fingerprint density at radius 1 is 1.53 bits per heavy atom. The van der Waals surface area contributed by atoms with Crippen LogP contribution in [0.3, 0.4) is 0 Å². The van der Waals surface area contributed by atoms with Crippen LogP contribution in [0.25, 0.3) is 0 Å². The molecule has 4 nitrogen and oxygen atoms in total. The largest absolute Gasteiger partial charge is 0.481 e. The minimum absolute atomic E-state index is 0.0957. The van der Waals surface area contributed by atoms with Gasteiger partial charge in [-0.2, -0.15) is 0 Å². The van der Waals surface area contributed by atoms with E-state index in [0.29, 0.717) is 6.61 Å². The third-order valence-corrected chi connectivity index (χ3v) is 2.70. The molecule has 2 N–H and O–H groups in total. The lowest BCUT2D eigenvalue weighted by molar-refractivity contribution is -0.140. The highest BCUT2D eigenvalue weighted by atomic mass is 16.5. The monoisotopic (exact) mass is 217 g/mol. The van der Waals surface area contributed by atoms with Gasteiger partial charge in [0.1, 0.15) is 0 Å². The minimum Gasteiger partial charge on any atom is -0.481 e. The number of rotatable bonds is 8. The van der Waals surface area contributed by atoms with Crippen molar-refractivity contribution in [2.45, 2.75) is 39.2 Å². The van der Waals surface area contributed by atoms with E-state index in [1.165, 1.54) is 0 Å². The fourth-order valence-electron chi connectivity index (χ4n) is 1.64. The van der Waals surface area contributed by atoms with Gasteiger partial charge in [0, 0.05) is 7.11 Å². The zero-order valence-electron chi connectivity index (χ0n) is 10.2. The number of carboxylic acid groups (broad SMARTS) is 1. The summed E-state index contributed by atoms with van der Waals surface area (Å²) in [4.78, 5) is 10.9. The number of carbonyl (C=O) groups is 1. The molecular weight excluding hydrogens is 194 g/mol. The van der Waals surface area contributed by atoms with Crippen LogP contribution in [-0.2, 0) is 9.53 Å². The summed E-state index contributed by atoms with van der Waals surface area (Å²) in [5.41, 5.74) is -0.448. The van der Waals surface area contributed by atoms with Crippen molar-refractivity contribution in [2.24, 2.45) is 5.92 Å². The molecule has 4 heteroatoms. The topological polar surface area (TPSA) is 58.6 Å². The average Bonchev–Trinajstić information content (AvgIpc) is 2.13. The number of carboxylic acids is 1. The Kier molecular flexibility index (Phi) is 6.52. The molecule has 90 valence electrons. The molecule has 0 saturated heterocycles. The normalized spacial score (nSPS) is 15.3. The van der Waals surface area contributed by atoms with Gasteiger partial charge in [-0.15, -0.1) is 0 Å². The molecule has 1 unspecified atom stereocenters. The van der Waals surface area contributed by atoms with Gasteiger partial charge in [0.05, 0.1) is 18.6 Å². The van der Waals surface area contributed by atoms with Crippen LogP contribution >= 0.6 is 0 Å². The molecule has 0 heterocycles. The van der Waals surface area contributed by atoms with Gasteiger partial charge in [-0.25, -0.2) is 0 Å². The predicted molar refractivity (Wildman–Crippen MR) is 60.0 cm³/mol. The summed E-state index contributed by atoms with van der Waals surface area (Å²) in [6, 6.07) is 0. The molecule has 0 rings (SSSR count). The van der Waals surface area contributed by atoms with Gasteiger partial charge in [-0.3, -0.25) is 4.79 Å². The summed E-state index contributed by atoms with van der Waals surface area (Å²) in [7, 11) is 1.60. The Balaban J connectivity index is 4.63. The molecule has 0 aromatic rings. The molecular formula is C11H23NO3. The van der Waals surface area contributed by atoms with Crippen molar-refractivity contribution in [3.05, 3.63) is 0 Å². The van der Waals surface area contributed by atoms with Crippen molar-refractivity contribution >= 4 is 5.97 Å². The first kappa shape index (κ1) is 14.4. The van der Waals surface area contributed by atoms with Crippen LogP contribution in [0, 0.1) is 5.92 Å². The molecule has 0 aliphatic carbocycles. The molecule has 0 fully saturated rings. The van der Waals surface area contributed by atoms with Gasteiger partial charge in [-0.1, -0.05) is 20.8 Å². The van der Waals surface area contributed by atoms with Gasteiger partial charge in [0.2, 0.25) is 0 Å². The second-order valence-electron chi connectivity index (χ2n) is 4.24. The molecule has 0 saturated carbocycles. The fraction of sp³-hybridized carbons (Fsp3) is 0.909. The van der Waals surface area contributed by atoms with E-state index in [9.17, 15) is 4.79 Å². The summed E-state index contributed by atoms with van der Waals surface area (Å²) in [5, 5.41) is 12.2. The Bertz CT molecular complexity index is 194. The Hall–Kier alpha value is -0.610. The molecule has 0 aliphatic rings. The number of methoxy groups -OCH3 is 1. The van der Waals surface area contributed by atoms with Crippen LogP contribution in [0.4, 0.5) is 0 Å². The van der Waals surface area contributed by atoms with Crippen LogP contribution < -0.4 is 5.32 Å².